The molecule has 0 aromatic heterocycles. The van der Waals surface area contributed by atoms with Crippen molar-refractivity contribution in [3.63, 3.8) is 0 Å². The van der Waals surface area contributed by atoms with Gasteiger partial charge in [-0.15, -0.1) is 0 Å². The maximum atomic E-state index is 12.3. The van der Waals surface area contributed by atoms with Gasteiger partial charge in [0.05, 0.1) is 4.92 Å². The molecule has 0 aliphatic heterocycles. The van der Waals surface area contributed by atoms with Gasteiger partial charge in [-0.05, 0) is 57.2 Å². The molecule has 0 saturated carbocycles. The van der Waals surface area contributed by atoms with Crippen LogP contribution in [0.3, 0.4) is 0 Å². The van der Waals surface area contributed by atoms with Gasteiger partial charge in [0.1, 0.15) is 5.69 Å². The zero-order chi connectivity index (χ0) is 19.3. The number of anilines is 2. The zero-order valence-electron chi connectivity index (χ0n) is 15.0. The molecular weight excluding hydrogens is 334 g/mol. The predicted octanol–water partition coefficient (Wildman–Crippen LogP) is 4.02. The maximum Gasteiger partial charge on any atom is 0.293 e. The van der Waals surface area contributed by atoms with Gasteiger partial charge in [0, 0.05) is 36.0 Å². The highest BCUT2D eigenvalue weighted by atomic mass is 16.6. The summed E-state index contributed by atoms with van der Waals surface area (Å²) >= 11 is 0. The third-order valence-electron chi connectivity index (χ3n) is 4.06. The van der Waals surface area contributed by atoms with Crippen molar-refractivity contribution in [1.29, 1.82) is 0 Å². The van der Waals surface area contributed by atoms with Crippen LogP contribution >= 0.6 is 0 Å². The Bertz CT molecular complexity index is 827. The van der Waals surface area contributed by atoms with Crippen LogP contribution in [0.15, 0.2) is 42.5 Å². The molecule has 2 aromatic rings. The Morgan fingerprint density at radius 2 is 1.62 bits per heavy atom. The lowest BCUT2D eigenvalue weighted by Crippen LogP contribution is -2.30. The van der Waals surface area contributed by atoms with Gasteiger partial charge in [0.2, 0.25) is 0 Å². The Labute approximate surface area is 151 Å². The normalized spacial score (nSPS) is 10.3. The number of Topliss-reactive ketones (excluding diaryl/α,β-unsaturated/α-hetero) is 1. The summed E-state index contributed by atoms with van der Waals surface area (Å²) in [4.78, 5) is 36.2. The van der Waals surface area contributed by atoms with E-state index in [1.54, 1.807) is 29.2 Å². The van der Waals surface area contributed by atoms with Crippen molar-refractivity contribution in [3.05, 3.63) is 63.7 Å². The van der Waals surface area contributed by atoms with E-state index >= 15 is 0 Å². The van der Waals surface area contributed by atoms with Crippen LogP contribution < -0.4 is 5.32 Å². The van der Waals surface area contributed by atoms with E-state index < -0.39 is 4.92 Å². The fourth-order valence-electron chi connectivity index (χ4n) is 2.55. The van der Waals surface area contributed by atoms with Crippen molar-refractivity contribution >= 4 is 28.8 Å². The third kappa shape index (κ3) is 4.24. The van der Waals surface area contributed by atoms with Gasteiger partial charge >= 0.3 is 0 Å². The van der Waals surface area contributed by atoms with Gasteiger partial charge in [-0.25, -0.2) is 0 Å². The number of nitrogens with one attached hydrogen (secondary N) is 1. The number of rotatable bonds is 7. The van der Waals surface area contributed by atoms with E-state index in [1.807, 2.05) is 13.8 Å². The van der Waals surface area contributed by atoms with Crippen LogP contribution in [0, 0.1) is 10.1 Å². The fourth-order valence-corrected chi connectivity index (χ4v) is 2.55. The van der Waals surface area contributed by atoms with Gasteiger partial charge < -0.3 is 10.2 Å². The summed E-state index contributed by atoms with van der Waals surface area (Å²) in [5.41, 5.74) is 1.55. The third-order valence-corrected chi connectivity index (χ3v) is 4.06. The van der Waals surface area contributed by atoms with Gasteiger partial charge in [-0.2, -0.15) is 0 Å². The molecule has 136 valence electrons. The van der Waals surface area contributed by atoms with E-state index in [1.165, 1.54) is 25.1 Å². The van der Waals surface area contributed by atoms with Gasteiger partial charge in [0.15, 0.2) is 5.78 Å². The predicted molar refractivity (Wildman–Crippen MR) is 100 cm³/mol. The number of hydrogen-bond acceptors (Lipinski definition) is 5. The summed E-state index contributed by atoms with van der Waals surface area (Å²) in [6.07, 6.45) is 0. The standard InChI is InChI=1S/C19H21N3O4/c1-4-21(5-2)19(24)14-6-9-16(10-7-14)20-17-11-8-15(13(3)23)12-18(17)22(25)26/h6-12,20H,4-5H2,1-3H3. The highest BCUT2D eigenvalue weighted by molar-refractivity contribution is 5.96. The Morgan fingerprint density at radius 1 is 1.04 bits per heavy atom. The maximum absolute atomic E-state index is 12.3. The molecule has 0 atom stereocenters. The molecule has 7 nitrogen and oxygen atoms in total. The van der Waals surface area contributed by atoms with Crippen molar-refractivity contribution < 1.29 is 14.5 Å². The molecule has 0 heterocycles. The molecule has 0 saturated heterocycles. The number of ketones is 1. The lowest BCUT2D eigenvalue weighted by atomic mass is 10.1. The van der Waals surface area contributed by atoms with Crippen LogP contribution in [0.1, 0.15) is 41.5 Å². The second-order valence-corrected chi connectivity index (χ2v) is 5.73. The topological polar surface area (TPSA) is 92.6 Å². The van der Waals surface area contributed by atoms with Crippen molar-refractivity contribution in [2.75, 3.05) is 18.4 Å². The molecule has 0 spiro atoms. The molecule has 1 N–H and O–H groups in total. The van der Waals surface area contributed by atoms with Gasteiger partial charge in [0.25, 0.3) is 11.6 Å². The molecule has 0 radical (unpaired) electrons. The van der Waals surface area contributed by atoms with E-state index in [4.69, 9.17) is 0 Å². The number of nitro groups is 1. The van der Waals surface area contributed by atoms with Crippen molar-refractivity contribution in [2.45, 2.75) is 20.8 Å². The average molecular weight is 355 g/mol. The molecule has 0 aliphatic carbocycles. The first-order valence-corrected chi connectivity index (χ1v) is 8.33. The lowest BCUT2D eigenvalue weighted by Gasteiger charge is -2.18. The molecule has 0 aliphatic rings. The van der Waals surface area contributed by atoms with Crippen molar-refractivity contribution in [2.24, 2.45) is 0 Å². The zero-order valence-corrected chi connectivity index (χ0v) is 15.0. The highest BCUT2D eigenvalue weighted by Gasteiger charge is 2.17. The number of hydrogen-bond donors (Lipinski definition) is 1. The summed E-state index contributed by atoms with van der Waals surface area (Å²) < 4.78 is 0. The van der Waals surface area contributed by atoms with Crippen molar-refractivity contribution in [3.8, 4) is 0 Å². The number of benzene rings is 2. The Kier molecular flexibility index (Phi) is 6.06. The minimum atomic E-state index is -0.535. The van der Waals surface area contributed by atoms with Crippen LogP contribution in [-0.2, 0) is 0 Å². The largest absolute Gasteiger partial charge is 0.350 e. The minimum absolute atomic E-state index is 0.0571. The molecular formula is C19H21N3O4. The molecule has 1 amide bonds. The monoisotopic (exact) mass is 355 g/mol. The summed E-state index contributed by atoms with van der Waals surface area (Å²) in [6.45, 7) is 6.45. The second-order valence-electron chi connectivity index (χ2n) is 5.73. The smallest absolute Gasteiger partial charge is 0.293 e. The van der Waals surface area contributed by atoms with E-state index in [-0.39, 0.29) is 28.6 Å². The van der Waals surface area contributed by atoms with Crippen LogP contribution in [0.4, 0.5) is 17.1 Å². The summed E-state index contributed by atoms with van der Waals surface area (Å²) in [7, 11) is 0. The molecule has 2 aromatic carbocycles. The van der Waals surface area contributed by atoms with E-state index in [0.29, 0.717) is 24.3 Å². The summed E-state index contributed by atoms with van der Waals surface area (Å²) in [6, 6.07) is 11.0. The summed E-state index contributed by atoms with van der Waals surface area (Å²) in [5.74, 6) is -0.294. The van der Waals surface area contributed by atoms with E-state index in [2.05, 4.69) is 5.32 Å². The first-order valence-electron chi connectivity index (χ1n) is 8.33. The number of amides is 1. The number of nitrogens with zero attached hydrogens (tertiary/aromatic N) is 2. The highest BCUT2D eigenvalue weighted by Crippen LogP contribution is 2.29. The molecule has 0 unspecified atom stereocenters. The Balaban J connectivity index is 2.25. The van der Waals surface area contributed by atoms with Crippen LogP contribution in [0.2, 0.25) is 0 Å². The SMILES string of the molecule is CCN(CC)C(=O)c1ccc(Nc2ccc(C(C)=O)cc2[N+](=O)[O-])cc1. The first-order chi connectivity index (χ1) is 12.4. The average Bonchev–Trinajstić information content (AvgIpc) is 2.63. The molecule has 26 heavy (non-hydrogen) atoms. The van der Waals surface area contributed by atoms with Crippen LogP contribution in [0.5, 0.6) is 0 Å². The minimum Gasteiger partial charge on any atom is -0.350 e. The van der Waals surface area contributed by atoms with E-state index in [9.17, 15) is 19.7 Å². The van der Waals surface area contributed by atoms with Crippen LogP contribution in [-0.4, -0.2) is 34.6 Å². The number of carbonyl (C=O) groups excluding carboxylic acids is 2. The Hall–Kier alpha value is -3.22. The van der Waals surface area contributed by atoms with Gasteiger partial charge in [-0.1, -0.05) is 0 Å². The fraction of sp³-hybridized carbons (Fsp3) is 0.263. The van der Waals surface area contributed by atoms with Crippen LogP contribution in [0.25, 0.3) is 0 Å². The van der Waals surface area contributed by atoms with E-state index in [0.717, 1.165) is 0 Å². The lowest BCUT2D eigenvalue weighted by molar-refractivity contribution is -0.383. The molecule has 0 fully saturated rings. The molecule has 0 bridgehead atoms. The number of nitro benzene ring substituents is 1. The molecule has 7 heteroatoms. The second kappa shape index (κ2) is 8.24. The van der Waals surface area contributed by atoms with Crippen molar-refractivity contribution in [1.82, 2.24) is 4.90 Å². The van der Waals surface area contributed by atoms with Gasteiger partial charge in [-0.3, -0.25) is 19.7 Å². The quantitative estimate of drug-likeness (QED) is 0.460. The first kappa shape index (κ1) is 19.1. The Morgan fingerprint density at radius 3 is 2.12 bits per heavy atom. The molecule has 2 rings (SSSR count). The summed E-state index contributed by atoms with van der Waals surface area (Å²) in [5, 5.41) is 14.2. The number of carbonyl (C=O) groups is 2.